The van der Waals surface area contributed by atoms with Crippen molar-refractivity contribution in [3.63, 3.8) is 0 Å². The number of alkyl halides is 3. The van der Waals surface area contributed by atoms with Gasteiger partial charge in [-0.15, -0.1) is 0 Å². The van der Waals surface area contributed by atoms with Crippen LogP contribution in [0.2, 0.25) is 0 Å². The molecule has 1 aliphatic rings. The van der Waals surface area contributed by atoms with Crippen LogP contribution in [0.1, 0.15) is 25.5 Å². The molecule has 1 aromatic rings. The van der Waals surface area contributed by atoms with Crippen molar-refractivity contribution < 1.29 is 27.5 Å². The number of nitrogens with zero attached hydrogens (tertiary/aromatic N) is 3. The van der Waals surface area contributed by atoms with Gasteiger partial charge in [-0.1, -0.05) is 6.07 Å². The van der Waals surface area contributed by atoms with Gasteiger partial charge in [-0.3, -0.25) is 14.6 Å². The third kappa shape index (κ3) is 5.21. The number of halogens is 3. The summed E-state index contributed by atoms with van der Waals surface area (Å²) < 4.78 is 41.2. The molecule has 0 bridgehead atoms. The molecule has 0 saturated carbocycles. The van der Waals surface area contributed by atoms with Gasteiger partial charge in [0, 0.05) is 38.6 Å². The SMILES string of the molecule is CC(=O)NC1(C(=O)N(C)C(C)c2ccc(OCC(F)(F)F)nc2)C=NC=CN1. The molecule has 1 aliphatic heterocycles. The number of pyridine rings is 1. The van der Waals surface area contributed by atoms with Crippen LogP contribution < -0.4 is 15.4 Å². The fraction of sp³-hybridized carbons (Fsp3) is 0.412. The number of hydrogen-bond acceptors (Lipinski definition) is 6. The number of carbonyl (C=O) groups is 2. The Hall–Kier alpha value is -3.11. The van der Waals surface area contributed by atoms with Crippen LogP contribution >= 0.6 is 0 Å². The summed E-state index contributed by atoms with van der Waals surface area (Å²) in [5, 5.41) is 5.33. The highest BCUT2D eigenvalue weighted by Gasteiger charge is 2.41. The second-order valence-corrected chi connectivity index (χ2v) is 6.15. The van der Waals surface area contributed by atoms with Crippen LogP contribution in [0.15, 0.2) is 35.7 Å². The van der Waals surface area contributed by atoms with Crippen LogP contribution in [0.25, 0.3) is 0 Å². The minimum Gasteiger partial charge on any atom is -0.468 e. The van der Waals surface area contributed by atoms with Gasteiger partial charge in [0.05, 0.1) is 12.3 Å². The van der Waals surface area contributed by atoms with E-state index in [4.69, 9.17) is 0 Å². The molecule has 2 amide bonds. The zero-order valence-corrected chi connectivity index (χ0v) is 15.4. The van der Waals surface area contributed by atoms with Crippen molar-refractivity contribution in [1.82, 2.24) is 20.5 Å². The first-order valence-electron chi connectivity index (χ1n) is 8.22. The second-order valence-electron chi connectivity index (χ2n) is 6.15. The summed E-state index contributed by atoms with van der Waals surface area (Å²) in [5.74, 6) is -1.10. The molecule has 0 radical (unpaired) electrons. The molecule has 0 saturated heterocycles. The summed E-state index contributed by atoms with van der Waals surface area (Å²) in [6.45, 7) is 1.55. The van der Waals surface area contributed by atoms with E-state index in [1.807, 2.05) is 0 Å². The fourth-order valence-electron chi connectivity index (χ4n) is 2.48. The molecule has 1 aromatic heterocycles. The molecule has 2 rings (SSSR count). The maximum Gasteiger partial charge on any atom is 0.422 e. The standard InChI is InChI=1S/C17H20F3N5O3/c1-11(13-4-5-14(22-8-13)28-10-17(18,19)20)25(3)15(27)16(24-12(2)26)9-21-6-7-23-16/h4-9,11,23H,10H2,1-3H3,(H,24,26). The van der Waals surface area contributed by atoms with Crippen LogP contribution in [0, 0.1) is 0 Å². The summed E-state index contributed by atoms with van der Waals surface area (Å²) in [5.41, 5.74) is -0.969. The van der Waals surface area contributed by atoms with E-state index in [-0.39, 0.29) is 5.88 Å². The molecule has 11 heteroatoms. The fourth-order valence-corrected chi connectivity index (χ4v) is 2.48. The molecule has 152 valence electrons. The lowest BCUT2D eigenvalue weighted by atomic mass is 10.1. The van der Waals surface area contributed by atoms with Gasteiger partial charge < -0.3 is 20.3 Å². The van der Waals surface area contributed by atoms with Gasteiger partial charge in [0.15, 0.2) is 6.61 Å². The van der Waals surface area contributed by atoms with Gasteiger partial charge in [-0.05, 0) is 12.5 Å². The molecular formula is C17H20F3N5O3. The van der Waals surface area contributed by atoms with Crippen molar-refractivity contribution in [2.24, 2.45) is 4.99 Å². The summed E-state index contributed by atoms with van der Waals surface area (Å²) in [4.78, 5) is 33.7. The Balaban J connectivity index is 2.13. The number of carbonyl (C=O) groups excluding carboxylic acids is 2. The van der Waals surface area contributed by atoms with Crippen LogP contribution in [-0.4, -0.2) is 53.4 Å². The van der Waals surface area contributed by atoms with E-state index >= 15 is 0 Å². The summed E-state index contributed by atoms with van der Waals surface area (Å²) in [6, 6.07) is 2.31. The van der Waals surface area contributed by atoms with Crippen LogP contribution in [0.4, 0.5) is 13.2 Å². The smallest absolute Gasteiger partial charge is 0.422 e. The average molecular weight is 399 g/mol. The van der Waals surface area contributed by atoms with Crippen molar-refractivity contribution in [2.45, 2.75) is 31.7 Å². The van der Waals surface area contributed by atoms with Crippen molar-refractivity contribution in [1.29, 1.82) is 0 Å². The Morgan fingerprint density at radius 2 is 2.11 bits per heavy atom. The summed E-state index contributed by atoms with van der Waals surface area (Å²) in [6.07, 6.45) is 1.02. The zero-order chi connectivity index (χ0) is 20.9. The number of rotatable bonds is 6. The molecule has 0 aliphatic carbocycles. The second kappa shape index (κ2) is 8.28. The molecular weight excluding hydrogens is 379 g/mol. The van der Waals surface area contributed by atoms with Gasteiger partial charge in [0.2, 0.25) is 17.5 Å². The molecule has 2 atom stereocenters. The summed E-state index contributed by atoms with van der Waals surface area (Å²) in [7, 11) is 1.53. The molecule has 2 heterocycles. The van der Waals surface area contributed by atoms with E-state index in [1.165, 1.54) is 55.8 Å². The van der Waals surface area contributed by atoms with Crippen molar-refractivity contribution in [2.75, 3.05) is 13.7 Å². The minimum absolute atomic E-state index is 0.178. The lowest BCUT2D eigenvalue weighted by Crippen LogP contribution is -2.67. The lowest BCUT2D eigenvalue weighted by molar-refractivity contribution is -0.154. The Bertz CT molecular complexity index is 779. The van der Waals surface area contributed by atoms with Crippen LogP contribution in [-0.2, 0) is 9.59 Å². The molecule has 0 spiro atoms. The quantitative estimate of drug-likeness (QED) is 0.756. The van der Waals surface area contributed by atoms with Gasteiger partial charge >= 0.3 is 6.18 Å². The largest absolute Gasteiger partial charge is 0.468 e. The van der Waals surface area contributed by atoms with E-state index in [2.05, 4.69) is 25.3 Å². The normalized spacial score (nSPS) is 19.5. The van der Waals surface area contributed by atoms with Gasteiger partial charge in [-0.25, -0.2) is 4.98 Å². The highest BCUT2D eigenvalue weighted by molar-refractivity contribution is 6.06. The van der Waals surface area contributed by atoms with Crippen LogP contribution in [0.5, 0.6) is 5.88 Å². The Labute approximate surface area is 159 Å². The third-order valence-corrected chi connectivity index (χ3v) is 3.98. The Morgan fingerprint density at radius 3 is 2.61 bits per heavy atom. The van der Waals surface area contributed by atoms with E-state index in [0.29, 0.717) is 5.56 Å². The maximum atomic E-state index is 13.0. The van der Waals surface area contributed by atoms with E-state index in [1.54, 1.807) is 6.92 Å². The Morgan fingerprint density at radius 1 is 1.39 bits per heavy atom. The topological polar surface area (TPSA) is 95.9 Å². The zero-order valence-electron chi connectivity index (χ0n) is 15.4. The lowest BCUT2D eigenvalue weighted by Gasteiger charge is -2.36. The van der Waals surface area contributed by atoms with E-state index in [0.717, 1.165) is 0 Å². The van der Waals surface area contributed by atoms with Crippen molar-refractivity contribution in [3.05, 3.63) is 36.3 Å². The first-order valence-corrected chi connectivity index (χ1v) is 8.22. The predicted octanol–water partition coefficient (Wildman–Crippen LogP) is 1.52. The van der Waals surface area contributed by atoms with Gasteiger partial charge in [0.1, 0.15) is 0 Å². The number of ether oxygens (including phenoxy) is 1. The number of nitrogens with one attached hydrogen (secondary N) is 2. The van der Waals surface area contributed by atoms with E-state index < -0.39 is 36.3 Å². The molecule has 2 N–H and O–H groups in total. The van der Waals surface area contributed by atoms with E-state index in [9.17, 15) is 22.8 Å². The molecule has 0 fully saturated rings. The minimum atomic E-state index is -4.46. The highest BCUT2D eigenvalue weighted by atomic mass is 19.4. The highest BCUT2D eigenvalue weighted by Crippen LogP contribution is 2.23. The Kier molecular flexibility index (Phi) is 6.26. The molecule has 28 heavy (non-hydrogen) atoms. The number of likely N-dealkylation sites (N-methyl/N-ethyl adjacent to an activating group) is 1. The number of aromatic nitrogens is 1. The number of aliphatic imine (C=N–C) groups is 1. The molecule has 2 unspecified atom stereocenters. The van der Waals surface area contributed by atoms with Crippen molar-refractivity contribution >= 4 is 18.0 Å². The predicted molar refractivity (Wildman–Crippen MR) is 94.3 cm³/mol. The number of amides is 2. The molecule has 8 nitrogen and oxygen atoms in total. The van der Waals surface area contributed by atoms with Crippen LogP contribution in [0.3, 0.4) is 0 Å². The first kappa shape index (κ1) is 21.2. The molecule has 0 aromatic carbocycles. The maximum absolute atomic E-state index is 13.0. The number of hydrogen-bond donors (Lipinski definition) is 2. The average Bonchev–Trinajstić information content (AvgIpc) is 2.64. The first-order chi connectivity index (χ1) is 13.0. The monoisotopic (exact) mass is 399 g/mol. The van der Waals surface area contributed by atoms with Gasteiger partial charge in [0.25, 0.3) is 5.91 Å². The third-order valence-electron chi connectivity index (χ3n) is 3.98. The van der Waals surface area contributed by atoms with Crippen molar-refractivity contribution in [3.8, 4) is 5.88 Å². The van der Waals surface area contributed by atoms with Gasteiger partial charge in [-0.2, -0.15) is 13.2 Å². The summed E-state index contributed by atoms with van der Waals surface area (Å²) >= 11 is 0.